The van der Waals surface area contributed by atoms with Gasteiger partial charge in [0.1, 0.15) is 0 Å². The molecule has 0 atom stereocenters. The Morgan fingerprint density at radius 2 is 1.90 bits per heavy atom. The molecule has 1 aliphatic carbocycles. The monoisotopic (exact) mass is 430 g/mol. The van der Waals surface area contributed by atoms with Crippen LogP contribution >= 0.6 is 11.3 Å². The smallest absolute Gasteiger partial charge is 0.276 e. The Hall–Kier alpha value is -3.19. The summed E-state index contributed by atoms with van der Waals surface area (Å²) in [6.45, 7) is 0.929. The largest absolute Gasteiger partial charge is 0.332 e. The van der Waals surface area contributed by atoms with Gasteiger partial charge in [-0.15, -0.1) is 11.3 Å². The number of benzene rings is 1. The molecule has 4 heterocycles. The summed E-state index contributed by atoms with van der Waals surface area (Å²) in [7, 11) is 0. The predicted octanol–water partition coefficient (Wildman–Crippen LogP) is 3.83. The molecule has 6 rings (SSSR count). The van der Waals surface area contributed by atoms with E-state index in [1.165, 1.54) is 27.8 Å². The lowest BCUT2D eigenvalue weighted by Gasteiger charge is -2.27. The number of carbonyl (C=O) groups is 1. The fourth-order valence-corrected chi connectivity index (χ4v) is 5.91. The summed E-state index contributed by atoms with van der Waals surface area (Å²) in [6.07, 6.45) is 5.11. The first kappa shape index (κ1) is 18.6. The molecule has 0 spiro atoms. The maximum atomic E-state index is 13.2. The lowest BCUT2D eigenvalue weighted by molar-refractivity contribution is 0.0736. The highest BCUT2D eigenvalue weighted by Gasteiger charge is 2.28. The van der Waals surface area contributed by atoms with Crippen LogP contribution in [0.2, 0.25) is 0 Å². The standard InChI is InChI=1S/C24H22N4O2S/c29-23-17-10-11-27(24(30)21-12-16-8-4-5-9-20(16)31-21)14-19(17)25-22-13-18(26-28(22)23)15-6-2-1-3-7-15/h1-3,6-7,12-13,26H,4-5,8-11,14H2. The van der Waals surface area contributed by atoms with E-state index >= 15 is 0 Å². The first-order chi connectivity index (χ1) is 15.2. The number of fused-ring (bicyclic) bond motifs is 3. The van der Waals surface area contributed by atoms with Crippen molar-refractivity contribution in [1.82, 2.24) is 19.5 Å². The molecular weight excluding hydrogens is 408 g/mol. The van der Waals surface area contributed by atoms with Crippen LogP contribution in [0.15, 0.2) is 47.3 Å². The zero-order valence-electron chi connectivity index (χ0n) is 17.1. The van der Waals surface area contributed by atoms with E-state index in [-0.39, 0.29) is 11.5 Å². The van der Waals surface area contributed by atoms with Gasteiger partial charge in [-0.3, -0.25) is 14.7 Å². The van der Waals surface area contributed by atoms with Crippen molar-refractivity contribution in [3.05, 3.63) is 79.4 Å². The van der Waals surface area contributed by atoms with Crippen molar-refractivity contribution in [2.24, 2.45) is 0 Å². The summed E-state index contributed by atoms with van der Waals surface area (Å²) in [5.41, 5.74) is 5.13. The molecule has 7 heteroatoms. The highest BCUT2D eigenvalue weighted by molar-refractivity contribution is 7.14. The zero-order chi connectivity index (χ0) is 20.9. The van der Waals surface area contributed by atoms with E-state index in [4.69, 9.17) is 4.98 Å². The first-order valence-electron chi connectivity index (χ1n) is 10.8. The van der Waals surface area contributed by atoms with Gasteiger partial charge < -0.3 is 4.90 Å². The number of nitrogens with zero attached hydrogens (tertiary/aromatic N) is 3. The minimum atomic E-state index is -0.0686. The number of aromatic nitrogens is 3. The lowest BCUT2D eigenvalue weighted by Crippen LogP contribution is -2.39. The fraction of sp³-hybridized carbons (Fsp3) is 0.292. The number of H-pyrrole nitrogens is 1. The van der Waals surface area contributed by atoms with Crippen molar-refractivity contribution < 1.29 is 4.79 Å². The molecule has 0 saturated carbocycles. The van der Waals surface area contributed by atoms with Gasteiger partial charge >= 0.3 is 0 Å². The molecule has 6 nitrogen and oxygen atoms in total. The lowest BCUT2D eigenvalue weighted by atomic mass is 9.99. The number of hydrogen-bond acceptors (Lipinski definition) is 4. The Morgan fingerprint density at radius 1 is 1.06 bits per heavy atom. The molecule has 0 unspecified atom stereocenters. The number of nitrogens with one attached hydrogen (secondary N) is 1. The highest BCUT2D eigenvalue weighted by atomic mass is 32.1. The van der Waals surface area contributed by atoms with E-state index in [1.807, 2.05) is 41.3 Å². The second-order valence-electron chi connectivity index (χ2n) is 8.31. The van der Waals surface area contributed by atoms with Gasteiger partial charge in [-0.2, -0.15) is 0 Å². The number of carbonyl (C=O) groups excluding carboxylic acids is 1. The summed E-state index contributed by atoms with van der Waals surface area (Å²) in [5.74, 6) is 0.0612. The molecule has 0 fully saturated rings. The molecular formula is C24H22N4O2S. The van der Waals surface area contributed by atoms with Crippen molar-refractivity contribution in [2.45, 2.75) is 38.6 Å². The zero-order valence-corrected chi connectivity index (χ0v) is 17.9. The van der Waals surface area contributed by atoms with Crippen molar-refractivity contribution >= 4 is 22.9 Å². The summed E-state index contributed by atoms with van der Waals surface area (Å²) in [6, 6.07) is 13.9. The van der Waals surface area contributed by atoms with Crippen molar-refractivity contribution in [2.75, 3.05) is 6.54 Å². The van der Waals surface area contributed by atoms with Gasteiger partial charge in [0.15, 0.2) is 5.65 Å². The van der Waals surface area contributed by atoms with Crippen LogP contribution < -0.4 is 5.56 Å². The quantitative estimate of drug-likeness (QED) is 0.525. The number of hydrogen-bond donors (Lipinski definition) is 1. The molecule has 31 heavy (non-hydrogen) atoms. The fourth-order valence-electron chi connectivity index (χ4n) is 4.68. The molecule has 0 saturated heterocycles. The first-order valence-corrected chi connectivity index (χ1v) is 11.6. The SMILES string of the molecule is O=C(c1cc2c(s1)CCCC2)N1CCc2c(nc3cc(-c4ccccc4)[nH]n3c2=O)C1. The number of aromatic amines is 1. The molecule has 3 aromatic heterocycles. The molecule has 0 bridgehead atoms. The van der Waals surface area contributed by atoms with Gasteiger partial charge in [0, 0.05) is 23.1 Å². The highest BCUT2D eigenvalue weighted by Crippen LogP contribution is 2.31. The van der Waals surface area contributed by atoms with Gasteiger partial charge in [0.2, 0.25) is 0 Å². The van der Waals surface area contributed by atoms with E-state index < -0.39 is 0 Å². The van der Waals surface area contributed by atoms with Crippen molar-refractivity contribution in [3.63, 3.8) is 0 Å². The summed E-state index contributed by atoms with van der Waals surface area (Å²) >= 11 is 1.64. The Bertz CT molecular complexity index is 1340. The second-order valence-corrected chi connectivity index (χ2v) is 9.45. The average molecular weight is 431 g/mol. The number of amides is 1. The summed E-state index contributed by atoms with van der Waals surface area (Å²) in [5, 5.41) is 3.18. The number of rotatable bonds is 2. The van der Waals surface area contributed by atoms with Crippen LogP contribution in [0.3, 0.4) is 0 Å². The normalized spacial score (nSPS) is 15.7. The van der Waals surface area contributed by atoms with E-state index in [9.17, 15) is 9.59 Å². The Balaban J connectivity index is 1.33. The Morgan fingerprint density at radius 3 is 2.74 bits per heavy atom. The molecule has 1 aromatic carbocycles. The predicted molar refractivity (Wildman–Crippen MR) is 121 cm³/mol. The van der Waals surface area contributed by atoms with Gasteiger partial charge in [0.05, 0.1) is 22.8 Å². The molecule has 2 aliphatic rings. The van der Waals surface area contributed by atoms with Crippen LogP contribution in [0.1, 0.15) is 44.2 Å². The topological polar surface area (TPSA) is 70.5 Å². The van der Waals surface area contributed by atoms with Crippen LogP contribution in [0, 0.1) is 0 Å². The van der Waals surface area contributed by atoms with Gasteiger partial charge in [0.25, 0.3) is 11.5 Å². The maximum Gasteiger partial charge on any atom is 0.276 e. The Labute approximate surface area is 183 Å². The van der Waals surface area contributed by atoms with Crippen LogP contribution in [-0.2, 0) is 25.8 Å². The van der Waals surface area contributed by atoms with Crippen LogP contribution in [0.4, 0.5) is 0 Å². The van der Waals surface area contributed by atoms with Crippen molar-refractivity contribution in [3.8, 4) is 11.3 Å². The van der Waals surface area contributed by atoms with E-state index in [1.54, 1.807) is 11.3 Å². The minimum absolute atomic E-state index is 0.0612. The van der Waals surface area contributed by atoms with Crippen molar-refractivity contribution in [1.29, 1.82) is 0 Å². The van der Waals surface area contributed by atoms with E-state index in [0.29, 0.717) is 36.4 Å². The van der Waals surface area contributed by atoms with Gasteiger partial charge in [-0.25, -0.2) is 9.50 Å². The third-order valence-corrected chi connectivity index (χ3v) is 7.57. The minimum Gasteiger partial charge on any atom is -0.332 e. The van der Waals surface area contributed by atoms with Gasteiger partial charge in [-0.05, 0) is 49.3 Å². The van der Waals surface area contributed by atoms with E-state index in [2.05, 4.69) is 11.2 Å². The van der Waals surface area contributed by atoms with E-state index in [0.717, 1.165) is 29.0 Å². The summed E-state index contributed by atoms with van der Waals surface area (Å²) < 4.78 is 1.52. The molecule has 1 amide bonds. The summed E-state index contributed by atoms with van der Waals surface area (Å²) in [4.78, 5) is 35.1. The van der Waals surface area contributed by atoms with Crippen LogP contribution in [0.25, 0.3) is 16.9 Å². The molecule has 1 N–H and O–H groups in total. The maximum absolute atomic E-state index is 13.2. The number of aryl methyl sites for hydroxylation is 2. The molecule has 1 aliphatic heterocycles. The van der Waals surface area contributed by atoms with Crippen LogP contribution in [-0.4, -0.2) is 31.9 Å². The molecule has 4 aromatic rings. The Kier molecular flexibility index (Phi) is 4.31. The number of thiophene rings is 1. The average Bonchev–Trinajstić information content (AvgIpc) is 3.43. The van der Waals surface area contributed by atoms with Crippen LogP contribution in [0.5, 0.6) is 0 Å². The third kappa shape index (κ3) is 3.11. The third-order valence-electron chi connectivity index (χ3n) is 6.35. The second kappa shape index (κ2) is 7.20. The molecule has 0 radical (unpaired) electrons. The van der Waals surface area contributed by atoms with Gasteiger partial charge in [-0.1, -0.05) is 30.3 Å². The molecule has 156 valence electrons.